The number of nitrogens with zero attached hydrogens (tertiary/aromatic N) is 2. The maximum Gasteiger partial charge on any atom is 0.130 e. The molecule has 0 saturated carbocycles. The Labute approximate surface area is 141 Å². The van der Waals surface area contributed by atoms with Gasteiger partial charge in [-0.3, -0.25) is 10.00 Å². The lowest BCUT2D eigenvalue weighted by atomic mass is 10.2. The summed E-state index contributed by atoms with van der Waals surface area (Å²) < 4.78 is 11.1. The predicted molar refractivity (Wildman–Crippen MR) is 92.5 cm³/mol. The number of morpholine rings is 1. The number of aliphatic hydroxyl groups excluding tert-OH is 1. The minimum absolute atomic E-state index is 0.258. The van der Waals surface area contributed by atoms with E-state index in [1.54, 1.807) is 0 Å². The second-order valence-corrected chi connectivity index (χ2v) is 6.12. The Balaban J connectivity index is 1.39. The third-order valence-corrected chi connectivity index (χ3v) is 4.24. The van der Waals surface area contributed by atoms with Gasteiger partial charge in [0.15, 0.2) is 0 Å². The number of aryl methyl sites for hydroxylation is 1. The highest BCUT2D eigenvalue weighted by Gasteiger charge is 2.12. The van der Waals surface area contributed by atoms with Gasteiger partial charge in [0.25, 0.3) is 0 Å². The van der Waals surface area contributed by atoms with Gasteiger partial charge in [0.05, 0.1) is 24.1 Å². The zero-order valence-electron chi connectivity index (χ0n) is 14.1. The molecule has 7 nitrogen and oxygen atoms in total. The van der Waals surface area contributed by atoms with Gasteiger partial charge in [0, 0.05) is 38.4 Å². The van der Waals surface area contributed by atoms with Gasteiger partial charge in [-0.15, -0.1) is 0 Å². The van der Waals surface area contributed by atoms with E-state index in [1.165, 1.54) is 0 Å². The highest BCUT2D eigenvalue weighted by Crippen LogP contribution is 2.26. The summed E-state index contributed by atoms with van der Waals surface area (Å²) in [5.41, 5.74) is 1.85. The summed E-state index contributed by atoms with van der Waals surface area (Å²) in [6.07, 6.45) is -0.544. The third kappa shape index (κ3) is 4.45. The molecule has 0 radical (unpaired) electrons. The van der Waals surface area contributed by atoms with Gasteiger partial charge in [0.1, 0.15) is 18.5 Å². The summed E-state index contributed by atoms with van der Waals surface area (Å²) in [4.78, 5) is 2.36. The van der Waals surface area contributed by atoms with Gasteiger partial charge in [0.2, 0.25) is 0 Å². The molecule has 0 aliphatic carbocycles. The fourth-order valence-corrected chi connectivity index (χ4v) is 2.89. The number of nitrogens with one attached hydrogen (secondary N) is 2. The molecule has 1 aromatic carbocycles. The molecule has 3 N–H and O–H groups in total. The molecule has 0 unspecified atom stereocenters. The van der Waals surface area contributed by atoms with Crippen LogP contribution >= 0.6 is 0 Å². The molecule has 1 saturated heterocycles. The molecule has 132 valence electrons. The lowest BCUT2D eigenvalue weighted by molar-refractivity contribution is 0.0376. The van der Waals surface area contributed by atoms with Crippen LogP contribution in [0.2, 0.25) is 0 Å². The monoisotopic (exact) mass is 334 g/mol. The summed E-state index contributed by atoms with van der Waals surface area (Å²) in [5, 5.41) is 21.5. The average Bonchev–Trinajstić information content (AvgIpc) is 3.00. The van der Waals surface area contributed by atoms with E-state index in [0.29, 0.717) is 6.54 Å². The van der Waals surface area contributed by atoms with E-state index >= 15 is 0 Å². The van der Waals surface area contributed by atoms with Crippen LogP contribution in [0.5, 0.6) is 5.75 Å². The van der Waals surface area contributed by atoms with Crippen molar-refractivity contribution in [3.05, 3.63) is 23.9 Å². The van der Waals surface area contributed by atoms with Crippen LogP contribution in [0.25, 0.3) is 10.9 Å². The largest absolute Gasteiger partial charge is 0.490 e. The molecule has 0 amide bonds. The lowest BCUT2D eigenvalue weighted by Crippen LogP contribution is -2.41. The fraction of sp³-hybridized carbons (Fsp3) is 0.588. The Bertz CT molecular complexity index is 640. The van der Waals surface area contributed by atoms with Crippen molar-refractivity contribution in [3.63, 3.8) is 0 Å². The van der Waals surface area contributed by atoms with E-state index < -0.39 is 6.10 Å². The van der Waals surface area contributed by atoms with Crippen molar-refractivity contribution in [2.45, 2.75) is 13.0 Å². The number of aromatic amines is 1. The standard InChI is InChI=1S/C17H26N4O3/c1-13-17-15(20-19-13)3-2-4-16(17)24-12-14(22)11-18-5-6-21-7-9-23-10-8-21/h2-4,14,18,22H,5-12H2,1H3,(H,19,20)/t14-/m0/s1. The maximum atomic E-state index is 10.1. The van der Waals surface area contributed by atoms with Gasteiger partial charge in [-0.1, -0.05) is 6.07 Å². The third-order valence-electron chi connectivity index (χ3n) is 4.24. The van der Waals surface area contributed by atoms with Crippen LogP contribution in [-0.2, 0) is 4.74 Å². The van der Waals surface area contributed by atoms with Crippen molar-refractivity contribution in [1.82, 2.24) is 20.4 Å². The maximum absolute atomic E-state index is 10.1. The number of H-pyrrole nitrogens is 1. The van der Waals surface area contributed by atoms with Crippen molar-refractivity contribution >= 4 is 10.9 Å². The summed E-state index contributed by atoms with van der Waals surface area (Å²) >= 11 is 0. The van der Waals surface area contributed by atoms with Crippen LogP contribution in [0.1, 0.15) is 5.69 Å². The topological polar surface area (TPSA) is 82.6 Å². The quantitative estimate of drug-likeness (QED) is 0.611. The van der Waals surface area contributed by atoms with E-state index in [9.17, 15) is 5.11 Å². The second-order valence-electron chi connectivity index (χ2n) is 6.12. The molecule has 1 aliphatic rings. The summed E-state index contributed by atoms with van der Waals surface area (Å²) in [7, 11) is 0. The second kappa shape index (κ2) is 8.43. The molecular weight excluding hydrogens is 308 g/mol. The molecule has 1 aliphatic heterocycles. The van der Waals surface area contributed by atoms with E-state index in [4.69, 9.17) is 9.47 Å². The summed E-state index contributed by atoms with van der Waals surface area (Å²) in [6.45, 7) is 8.18. The van der Waals surface area contributed by atoms with Crippen LogP contribution in [0.3, 0.4) is 0 Å². The van der Waals surface area contributed by atoms with Crippen LogP contribution in [0, 0.1) is 6.92 Å². The first kappa shape index (κ1) is 17.2. The first-order valence-electron chi connectivity index (χ1n) is 8.49. The van der Waals surface area contributed by atoms with Crippen LogP contribution < -0.4 is 10.1 Å². The Morgan fingerprint density at radius 3 is 3.08 bits per heavy atom. The number of ether oxygens (including phenoxy) is 2. The zero-order chi connectivity index (χ0) is 16.8. The van der Waals surface area contributed by atoms with Gasteiger partial charge in [-0.25, -0.2) is 0 Å². The number of fused-ring (bicyclic) bond motifs is 1. The normalized spacial score (nSPS) is 17.2. The molecule has 0 spiro atoms. The van der Waals surface area contributed by atoms with E-state index in [1.807, 2.05) is 25.1 Å². The molecule has 2 aromatic rings. The molecule has 1 fully saturated rings. The summed E-state index contributed by atoms with van der Waals surface area (Å²) in [6, 6.07) is 5.75. The van der Waals surface area contributed by atoms with Gasteiger partial charge < -0.3 is 19.9 Å². The van der Waals surface area contributed by atoms with E-state index in [2.05, 4.69) is 20.4 Å². The number of hydrogen-bond acceptors (Lipinski definition) is 6. The Morgan fingerprint density at radius 1 is 1.42 bits per heavy atom. The van der Waals surface area contributed by atoms with Crippen molar-refractivity contribution < 1.29 is 14.6 Å². The SMILES string of the molecule is Cc1[nH]nc2cccc(OC[C@@H](O)CNCCN3CCOCC3)c12. The molecule has 2 heterocycles. The smallest absolute Gasteiger partial charge is 0.130 e. The molecule has 7 heteroatoms. The molecule has 0 bridgehead atoms. The Morgan fingerprint density at radius 2 is 2.25 bits per heavy atom. The fourth-order valence-electron chi connectivity index (χ4n) is 2.89. The van der Waals surface area contributed by atoms with Gasteiger partial charge in [-0.2, -0.15) is 5.10 Å². The van der Waals surface area contributed by atoms with E-state index in [-0.39, 0.29) is 6.61 Å². The summed E-state index contributed by atoms with van der Waals surface area (Å²) in [5.74, 6) is 0.756. The minimum atomic E-state index is -0.544. The van der Waals surface area contributed by atoms with Crippen molar-refractivity contribution in [3.8, 4) is 5.75 Å². The number of aromatic nitrogens is 2. The Hall–Kier alpha value is -1.67. The van der Waals surface area contributed by atoms with Crippen LogP contribution in [0.15, 0.2) is 18.2 Å². The number of rotatable bonds is 8. The van der Waals surface area contributed by atoms with Crippen LogP contribution in [0.4, 0.5) is 0 Å². The van der Waals surface area contributed by atoms with Gasteiger partial charge >= 0.3 is 0 Å². The highest BCUT2D eigenvalue weighted by molar-refractivity contribution is 5.87. The molecule has 3 rings (SSSR count). The molecule has 1 atom stereocenters. The zero-order valence-corrected chi connectivity index (χ0v) is 14.1. The average molecular weight is 334 g/mol. The molecule has 24 heavy (non-hydrogen) atoms. The van der Waals surface area contributed by atoms with Crippen molar-refractivity contribution in [1.29, 1.82) is 0 Å². The first-order valence-corrected chi connectivity index (χ1v) is 8.49. The predicted octanol–water partition coefficient (Wildman–Crippen LogP) is 0.533. The Kier molecular flexibility index (Phi) is 6.03. The van der Waals surface area contributed by atoms with Crippen molar-refractivity contribution in [2.24, 2.45) is 0 Å². The highest BCUT2D eigenvalue weighted by atomic mass is 16.5. The van der Waals surface area contributed by atoms with Crippen molar-refractivity contribution in [2.75, 3.05) is 52.5 Å². The first-order chi connectivity index (χ1) is 11.7. The molecule has 1 aromatic heterocycles. The van der Waals surface area contributed by atoms with E-state index in [0.717, 1.165) is 61.7 Å². The number of benzene rings is 1. The minimum Gasteiger partial charge on any atom is -0.490 e. The molecular formula is C17H26N4O3. The number of hydrogen-bond donors (Lipinski definition) is 3. The lowest BCUT2D eigenvalue weighted by Gasteiger charge is -2.26. The van der Waals surface area contributed by atoms with Crippen LogP contribution in [-0.4, -0.2) is 78.9 Å². The number of aliphatic hydroxyl groups is 1. The van der Waals surface area contributed by atoms with Gasteiger partial charge in [-0.05, 0) is 19.1 Å².